The van der Waals surface area contributed by atoms with Crippen LogP contribution in [0.2, 0.25) is 5.02 Å². The topological polar surface area (TPSA) is 64.4 Å². The van der Waals surface area contributed by atoms with Crippen LogP contribution in [0.1, 0.15) is 23.7 Å². The first-order chi connectivity index (χ1) is 14.5. The Morgan fingerprint density at radius 2 is 1.93 bits per heavy atom. The molecule has 3 aromatic carbocycles. The van der Waals surface area contributed by atoms with Crippen molar-refractivity contribution in [2.45, 2.75) is 13.3 Å². The number of ether oxygens (including phenoxy) is 1. The SMILES string of the molecule is CCCOc1ccc(C(=O)Nc2ccc3oc(-c4ccc(F)cc4Cl)nc3c2)cc1. The summed E-state index contributed by atoms with van der Waals surface area (Å²) >= 11 is 6.09. The zero-order chi connectivity index (χ0) is 21.1. The maximum Gasteiger partial charge on any atom is 0.255 e. The average molecular weight is 425 g/mol. The summed E-state index contributed by atoms with van der Waals surface area (Å²) < 4.78 is 24.5. The minimum atomic E-state index is -0.435. The van der Waals surface area contributed by atoms with Crippen LogP contribution in [0.25, 0.3) is 22.6 Å². The highest BCUT2D eigenvalue weighted by atomic mass is 35.5. The Kier molecular flexibility index (Phi) is 5.68. The molecule has 1 N–H and O–H groups in total. The highest BCUT2D eigenvalue weighted by molar-refractivity contribution is 6.33. The summed E-state index contributed by atoms with van der Waals surface area (Å²) in [5, 5.41) is 3.05. The Morgan fingerprint density at radius 1 is 1.13 bits per heavy atom. The first-order valence-corrected chi connectivity index (χ1v) is 9.81. The van der Waals surface area contributed by atoms with Crippen molar-refractivity contribution in [2.75, 3.05) is 11.9 Å². The standard InChI is InChI=1S/C23H18ClFN2O3/c1-2-11-29-17-7-3-14(4-8-17)22(28)26-16-6-10-21-20(13-16)27-23(30-21)18-9-5-15(25)12-19(18)24/h3-10,12-13H,2,11H2,1H3,(H,26,28). The van der Waals surface area contributed by atoms with Crippen molar-refractivity contribution < 1.29 is 18.3 Å². The molecule has 0 unspecified atom stereocenters. The van der Waals surface area contributed by atoms with Gasteiger partial charge in [-0.3, -0.25) is 4.79 Å². The van der Waals surface area contributed by atoms with Crippen LogP contribution >= 0.6 is 11.6 Å². The molecule has 0 spiro atoms. The number of benzene rings is 3. The molecule has 0 bridgehead atoms. The third-order valence-corrected chi connectivity index (χ3v) is 4.71. The van der Waals surface area contributed by atoms with E-state index in [1.54, 1.807) is 42.5 Å². The maximum atomic E-state index is 13.3. The summed E-state index contributed by atoms with van der Waals surface area (Å²) in [6.45, 7) is 2.67. The molecule has 1 aromatic heterocycles. The number of hydrogen-bond acceptors (Lipinski definition) is 4. The van der Waals surface area contributed by atoms with Crippen LogP contribution in [0.5, 0.6) is 5.75 Å². The fourth-order valence-corrected chi connectivity index (χ4v) is 3.16. The lowest BCUT2D eigenvalue weighted by Crippen LogP contribution is -2.11. The molecule has 0 atom stereocenters. The van der Waals surface area contributed by atoms with Crippen molar-refractivity contribution in [2.24, 2.45) is 0 Å². The zero-order valence-electron chi connectivity index (χ0n) is 16.1. The highest BCUT2D eigenvalue weighted by Crippen LogP contribution is 2.31. The van der Waals surface area contributed by atoms with Gasteiger partial charge in [0.1, 0.15) is 17.1 Å². The Bertz CT molecular complexity index is 1210. The number of fused-ring (bicyclic) bond motifs is 1. The first-order valence-electron chi connectivity index (χ1n) is 9.43. The molecule has 5 nitrogen and oxygen atoms in total. The van der Waals surface area contributed by atoms with E-state index in [9.17, 15) is 9.18 Å². The lowest BCUT2D eigenvalue weighted by molar-refractivity contribution is 0.102. The molecule has 4 aromatic rings. The van der Waals surface area contributed by atoms with Gasteiger partial charge in [0.05, 0.1) is 17.2 Å². The van der Waals surface area contributed by atoms with Crippen LogP contribution in [-0.2, 0) is 0 Å². The highest BCUT2D eigenvalue weighted by Gasteiger charge is 2.14. The molecule has 30 heavy (non-hydrogen) atoms. The van der Waals surface area contributed by atoms with Gasteiger partial charge >= 0.3 is 0 Å². The van der Waals surface area contributed by atoms with Gasteiger partial charge < -0.3 is 14.5 Å². The zero-order valence-corrected chi connectivity index (χ0v) is 16.9. The third-order valence-electron chi connectivity index (χ3n) is 4.40. The van der Waals surface area contributed by atoms with Gasteiger partial charge in [0.15, 0.2) is 5.58 Å². The summed E-state index contributed by atoms with van der Waals surface area (Å²) in [6.07, 6.45) is 0.918. The van der Waals surface area contributed by atoms with E-state index in [0.29, 0.717) is 34.5 Å². The second-order valence-corrected chi connectivity index (χ2v) is 7.06. The van der Waals surface area contributed by atoms with E-state index in [4.69, 9.17) is 20.8 Å². The van der Waals surface area contributed by atoms with Gasteiger partial charge in [0.25, 0.3) is 5.91 Å². The van der Waals surface area contributed by atoms with Crippen molar-refractivity contribution in [3.63, 3.8) is 0 Å². The fraction of sp³-hybridized carbons (Fsp3) is 0.130. The number of oxazole rings is 1. The molecule has 7 heteroatoms. The Labute approximate surface area is 177 Å². The fourth-order valence-electron chi connectivity index (χ4n) is 2.91. The summed E-state index contributed by atoms with van der Waals surface area (Å²) in [6, 6.07) is 16.1. The summed E-state index contributed by atoms with van der Waals surface area (Å²) in [5.74, 6) is 0.321. The van der Waals surface area contributed by atoms with Crippen LogP contribution < -0.4 is 10.1 Å². The minimum absolute atomic E-state index is 0.210. The molecule has 0 aliphatic rings. The molecule has 0 fully saturated rings. The number of rotatable bonds is 6. The third kappa shape index (κ3) is 4.28. The van der Waals surface area contributed by atoms with E-state index in [-0.39, 0.29) is 16.8 Å². The maximum absolute atomic E-state index is 13.3. The van der Waals surface area contributed by atoms with Gasteiger partial charge in [0.2, 0.25) is 5.89 Å². The Hall–Kier alpha value is -3.38. The molecular weight excluding hydrogens is 407 g/mol. The Morgan fingerprint density at radius 3 is 2.67 bits per heavy atom. The van der Waals surface area contributed by atoms with E-state index >= 15 is 0 Å². The molecule has 1 amide bonds. The van der Waals surface area contributed by atoms with Crippen LogP contribution in [0, 0.1) is 5.82 Å². The molecule has 1 heterocycles. The number of hydrogen-bond donors (Lipinski definition) is 1. The van der Waals surface area contributed by atoms with Gasteiger partial charge in [-0.2, -0.15) is 0 Å². The average Bonchev–Trinajstić information content (AvgIpc) is 3.15. The van der Waals surface area contributed by atoms with Crippen molar-refractivity contribution >= 4 is 34.3 Å². The number of carbonyl (C=O) groups excluding carboxylic acids is 1. The van der Waals surface area contributed by atoms with Crippen LogP contribution in [0.3, 0.4) is 0 Å². The van der Waals surface area contributed by atoms with Gasteiger partial charge in [-0.25, -0.2) is 9.37 Å². The number of amides is 1. The van der Waals surface area contributed by atoms with Crippen LogP contribution in [-0.4, -0.2) is 17.5 Å². The van der Waals surface area contributed by atoms with Crippen molar-refractivity contribution in [1.29, 1.82) is 0 Å². The van der Waals surface area contributed by atoms with Crippen LogP contribution in [0.15, 0.2) is 65.1 Å². The lowest BCUT2D eigenvalue weighted by atomic mass is 10.2. The predicted molar refractivity (Wildman–Crippen MR) is 115 cm³/mol. The van der Waals surface area contributed by atoms with E-state index in [1.165, 1.54) is 18.2 Å². The molecule has 0 aliphatic heterocycles. The molecule has 0 saturated heterocycles. The first kappa shape index (κ1) is 19.9. The lowest BCUT2D eigenvalue weighted by Gasteiger charge is -2.07. The predicted octanol–water partition coefficient (Wildman–Crippen LogP) is 6.33. The van der Waals surface area contributed by atoms with Crippen molar-refractivity contribution in [3.05, 3.63) is 77.1 Å². The monoisotopic (exact) mass is 424 g/mol. The van der Waals surface area contributed by atoms with E-state index in [0.717, 1.165) is 12.2 Å². The molecule has 152 valence electrons. The molecular formula is C23H18ClFN2O3. The van der Waals surface area contributed by atoms with Gasteiger partial charge in [-0.1, -0.05) is 18.5 Å². The van der Waals surface area contributed by atoms with Gasteiger partial charge in [-0.15, -0.1) is 0 Å². The van der Waals surface area contributed by atoms with E-state index in [1.807, 2.05) is 6.92 Å². The van der Waals surface area contributed by atoms with Crippen LogP contribution in [0.4, 0.5) is 10.1 Å². The number of anilines is 1. The number of nitrogens with zero attached hydrogens (tertiary/aromatic N) is 1. The summed E-state index contributed by atoms with van der Waals surface area (Å²) in [5.41, 5.74) is 2.65. The quantitative estimate of drug-likeness (QED) is 0.393. The molecule has 0 saturated carbocycles. The van der Waals surface area contributed by atoms with Crippen molar-refractivity contribution in [3.8, 4) is 17.2 Å². The normalized spacial score (nSPS) is 10.9. The van der Waals surface area contributed by atoms with E-state index in [2.05, 4.69) is 10.3 Å². The number of carbonyl (C=O) groups is 1. The minimum Gasteiger partial charge on any atom is -0.494 e. The smallest absolute Gasteiger partial charge is 0.255 e. The second kappa shape index (κ2) is 8.55. The molecule has 4 rings (SSSR count). The van der Waals surface area contributed by atoms with Gasteiger partial charge in [-0.05, 0) is 67.1 Å². The second-order valence-electron chi connectivity index (χ2n) is 6.65. The van der Waals surface area contributed by atoms with Gasteiger partial charge in [0, 0.05) is 11.3 Å². The molecule has 0 radical (unpaired) electrons. The number of nitrogens with one attached hydrogen (secondary N) is 1. The largest absolute Gasteiger partial charge is 0.494 e. The number of aromatic nitrogens is 1. The Balaban J connectivity index is 1.53. The summed E-state index contributed by atoms with van der Waals surface area (Å²) in [4.78, 5) is 16.9. The number of halogens is 2. The summed E-state index contributed by atoms with van der Waals surface area (Å²) in [7, 11) is 0. The van der Waals surface area contributed by atoms with Crippen molar-refractivity contribution in [1.82, 2.24) is 4.98 Å². The molecule has 0 aliphatic carbocycles. The van der Waals surface area contributed by atoms with E-state index < -0.39 is 5.82 Å².